The summed E-state index contributed by atoms with van der Waals surface area (Å²) in [4.78, 5) is 59.8. The monoisotopic (exact) mass is 444 g/mol. The number of carboxylic acid groups (broad SMARTS) is 2. The molecule has 0 aliphatic rings. The lowest BCUT2D eigenvalue weighted by Crippen LogP contribution is -2.59. The predicted octanol–water partition coefficient (Wildman–Crippen LogP) is -0.314. The minimum Gasteiger partial charge on any atom is -0.481 e. The second-order valence-electron chi connectivity index (χ2n) is 8.69. The van der Waals surface area contributed by atoms with Crippen LogP contribution in [0.3, 0.4) is 0 Å². The molecular formula is C20H36N4O7. The minimum absolute atomic E-state index is 0.0315. The lowest BCUT2D eigenvalue weighted by molar-refractivity contribution is -0.143. The van der Waals surface area contributed by atoms with Gasteiger partial charge in [0.25, 0.3) is 0 Å². The molecule has 0 aliphatic heterocycles. The summed E-state index contributed by atoms with van der Waals surface area (Å²) in [5, 5.41) is 25.6. The van der Waals surface area contributed by atoms with Gasteiger partial charge in [0.1, 0.15) is 18.1 Å². The summed E-state index contributed by atoms with van der Waals surface area (Å²) in [5.74, 6) is -5.24. The fourth-order valence-electron chi connectivity index (χ4n) is 2.81. The number of hydrogen-bond acceptors (Lipinski definition) is 6. The Balaban J connectivity index is 5.36. The summed E-state index contributed by atoms with van der Waals surface area (Å²) in [6.45, 7) is 10.4. The third-order valence-corrected chi connectivity index (χ3v) is 4.55. The smallest absolute Gasteiger partial charge is 0.326 e. The Hall–Kier alpha value is -2.69. The second kappa shape index (κ2) is 12.9. The second-order valence-corrected chi connectivity index (χ2v) is 8.69. The zero-order valence-electron chi connectivity index (χ0n) is 19.0. The molecule has 3 amide bonds. The number of carbonyl (C=O) groups excluding carboxylic acids is 3. The van der Waals surface area contributed by atoms with Crippen molar-refractivity contribution in [2.24, 2.45) is 23.5 Å². The largest absolute Gasteiger partial charge is 0.481 e. The van der Waals surface area contributed by atoms with Gasteiger partial charge >= 0.3 is 11.9 Å². The number of nitrogens with two attached hydrogens (primary N) is 1. The van der Waals surface area contributed by atoms with Crippen LogP contribution in [0.5, 0.6) is 0 Å². The number of carboxylic acids is 2. The molecule has 31 heavy (non-hydrogen) atoms. The third-order valence-electron chi connectivity index (χ3n) is 4.55. The molecule has 178 valence electrons. The first-order valence-electron chi connectivity index (χ1n) is 10.3. The van der Waals surface area contributed by atoms with Crippen molar-refractivity contribution in [3.8, 4) is 0 Å². The van der Waals surface area contributed by atoms with Gasteiger partial charge in [0, 0.05) is 0 Å². The summed E-state index contributed by atoms with van der Waals surface area (Å²) in [6, 6.07) is -4.52. The molecule has 0 saturated heterocycles. The van der Waals surface area contributed by atoms with Crippen molar-refractivity contribution in [3.05, 3.63) is 0 Å². The quantitative estimate of drug-likeness (QED) is 0.223. The molecule has 7 N–H and O–H groups in total. The highest BCUT2D eigenvalue weighted by atomic mass is 16.4. The highest BCUT2D eigenvalue weighted by Crippen LogP contribution is 2.10. The molecule has 0 aromatic carbocycles. The van der Waals surface area contributed by atoms with E-state index in [4.69, 9.17) is 10.8 Å². The number of nitrogens with one attached hydrogen (secondary N) is 3. The summed E-state index contributed by atoms with van der Waals surface area (Å²) < 4.78 is 0. The average molecular weight is 445 g/mol. The lowest BCUT2D eigenvalue weighted by atomic mass is 9.98. The zero-order chi connectivity index (χ0) is 24.5. The van der Waals surface area contributed by atoms with Crippen LogP contribution in [0, 0.1) is 17.8 Å². The number of rotatable bonds is 13. The maximum absolute atomic E-state index is 12.8. The highest BCUT2D eigenvalue weighted by molar-refractivity contribution is 5.94. The van der Waals surface area contributed by atoms with Gasteiger partial charge in [-0.05, 0) is 24.2 Å². The van der Waals surface area contributed by atoms with Crippen LogP contribution in [0.15, 0.2) is 0 Å². The average Bonchev–Trinajstić information content (AvgIpc) is 2.61. The van der Waals surface area contributed by atoms with Crippen LogP contribution >= 0.6 is 0 Å². The van der Waals surface area contributed by atoms with Gasteiger partial charge in [-0.25, -0.2) is 4.79 Å². The van der Waals surface area contributed by atoms with Gasteiger partial charge in [0.15, 0.2) is 0 Å². The van der Waals surface area contributed by atoms with Crippen molar-refractivity contribution in [1.82, 2.24) is 16.0 Å². The van der Waals surface area contributed by atoms with Crippen molar-refractivity contribution in [3.63, 3.8) is 0 Å². The first-order chi connectivity index (χ1) is 14.2. The maximum atomic E-state index is 12.8. The van der Waals surface area contributed by atoms with Gasteiger partial charge in [-0.2, -0.15) is 0 Å². The molecule has 0 aromatic rings. The van der Waals surface area contributed by atoms with E-state index in [0.717, 1.165) is 0 Å². The van der Waals surface area contributed by atoms with Gasteiger partial charge < -0.3 is 31.9 Å². The van der Waals surface area contributed by atoms with Crippen LogP contribution in [0.1, 0.15) is 54.4 Å². The highest BCUT2D eigenvalue weighted by Gasteiger charge is 2.33. The van der Waals surface area contributed by atoms with Crippen molar-refractivity contribution in [2.75, 3.05) is 0 Å². The van der Waals surface area contributed by atoms with E-state index in [1.807, 2.05) is 13.8 Å². The molecule has 11 heteroatoms. The van der Waals surface area contributed by atoms with Crippen LogP contribution in [0.4, 0.5) is 0 Å². The van der Waals surface area contributed by atoms with E-state index in [1.165, 1.54) is 0 Å². The minimum atomic E-state index is -1.33. The van der Waals surface area contributed by atoms with Crippen LogP contribution < -0.4 is 21.7 Å². The summed E-state index contributed by atoms with van der Waals surface area (Å²) in [7, 11) is 0. The number of amides is 3. The Kier molecular flexibility index (Phi) is 11.8. The van der Waals surface area contributed by atoms with Gasteiger partial charge in [0.05, 0.1) is 12.5 Å². The molecule has 0 bridgehead atoms. The Morgan fingerprint density at radius 2 is 1.16 bits per heavy atom. The fourth-order valence-corrected chi connectivity index (χ4v) is 2.81. The van der Waals surface area contributed by atoms with Crippen LogP contribution in [0.2, 0.25) is 0 Å². The SMILES string of the molecule is CC(C)CC(NC(=O)C(NC(=O)C(NC(=O)C(N)CC(=O)O)C(C)C)C(C)C)C(=O)O. The molecular weight excluding hydrogens is 408 g/mol. The summed E-state index contributed by atoms with van der Waals surface area (Å²) >= 11 is 0. The zero-order valence-corrected chi connectivity index (χ0v) is 19.0. The molecule has 0 fully saturated rings. The molecule has 0 aromatic heterocycles. The molecule has 0 heterocycles. The number of aliphatic carboxylic acids is 2. The van der Waals surface area contributed by atoms with E-state index in [1.54, 1.807) is 27.7 Å². The van der Waals surface area contributed by atoms with Gasteiger partial charge in [-0.15, -0.1) is 0 Å². The summed E-state index contributed by atoms with van der Waals surface area (Å²) in [5.41, 5.74) is 5.54. The first-order valence-corrected chi connectivity index (χ1v) is 10.3. The summed E-state index contributed by atoms with van der Waals surface area (Å²) in [6.07, 6.45) is -0.367. The molecule has 0 saturated carbocycles. The van der Waals surface area contributed by atoms with E-state index < -0.39 is 60.2 Å². The third kappa shape index (κ3) is 10.3. The standard InChI is InChI=1S/C20H36N4O7/c1-9(2)7-13(20(30)31)22-18(28)15(10(3)4)24-19(29)16(11(5)6)23-17(27)12(21)8-14(25)26/h9-13,15-16H,7-8,21H2,1-6H3,(H,22,28)(H,23,27)(H,24,29)(H,25,26)(H,30,31). The Morgan fingerprint density at radius 1 is 0.742 bits per heavy atom. The predicted molar refractivity (Wildman–Crippen MR) is 113 cm³/mol. The van der Waals surface area contributed by atoms with Crippen molar-refractivity contribution >= 4 is 29.7 Å². The Morgan fingerprint density at radius 3 is 1.52 bits per heavy atom. The van der Waals surface area contributed by atoms with Crippen LogP contribution in [-0.2, 0) is 24.0 Å². The fraction of sp³-hybridized carbons (Fsp3) is 0.750. The molecule has 0 rings (SSSR count). The van der Waals surface area contributed by atoms with Gasteiger partial charge in [-0.1, -0.05) is 41.5 Å². The molecule has 4 atom stereocenters. The normalized spacial score (nSPS) is 15.2. The molecule has 0 aliphatic carbocycles. The Labute approximate surface area is 182 Å². The van der Waals surface area contributed by atoms with Crippen molar-refractivity contribution in [1.29, 1.82) is 0 Å². The van der Waals surface area contributed by atoms with Crippen molar-refractivity contribution < 1.29 is 34.2 Å². The van der Waals surface area contributed by atoms with E-state index in [9.17, 15) is 29.1 Å². The number of hydrogen-bond donors (Lipinski definition) is 6. The van der Waals surface area contributed by atoms with Gasteiger partial charge in [0.2, 0.25) is 17.7 Å². The lowest BCUT2D eigenvalue weighted by Gasteiger charge is -2.28. The van der Waals surface area contributed by atoms with Gasteiger partial charge in [-0.3, -0.25) is 19.2 Å². The van der Waals surface area contributed by atoms with Crippen LogP contribution in [0.25, 0.3) is 0 Å². The van der Waals surface area contributed by atoms with E-state index in [0.29, 0.717) is 0 Å². The molecule has 11 nitrogen and oxygen atoms in total. The molecule has 4 unspecified atom stereocenters. The number of carbonyl (C=O) groups is 5. The van der Waals surface area contributed by atoms with E-state index in [2.05, 4.69) is 16.0 Å². The Bertz CT molecular complexity index is 664. The van der Waals surface area contributed by atoms with E-state index in [-0.39, 0.29) is 24.2 Å². The van der Waals surface area contributed by atoms with Crippen LogP contribution in [-0.4, -0.2) is 64.0 Å². The first kappa shape index (κ1) is 28.3. The maximum Gasteiger partial charge on any atom is 0.326 e. The molecule has 0 radical (unpaired) electrons. The van der Waals surface area contributed by atoms with E-state index >= 15 is 0 Å². The van der Waals surface area contributed by atoms with Crippen molar-refractivity contribution in [2.45, 2.75) is 78.6 Å². The topological polar surface area (TPSA) is 188 Å². The molecule has 0 spiro atoms.